The van der Waals surface area contributed by atoms with E-state index in [0.29, 0.717) is 0 Å². The third-order valence-electron chi connectivity index (χ3n) is 8.96. The van der Waals surface area contributed by atoms with Crippen LogP contribution in [0.25, 0.3) is 55.0 Å². The molecule has 4 heterocycles. The van der Waals surface area contributed by atoms with Gasteiger partial charge in [0.2, 0.25) is 6.71 Å². The van der Waals surface area contributed by atoms with Crippen molar-refractivity contribution in [2.45, 2.75) is 9.79 Å². The molecule has 8 aromatic rings. The van der Waals surface area contributed by atoms with Gasteiger partial charge in [0, 0.05) is 48.2 Å². The van der Waals surface area contributed by atoms with Crippen molar-refractivity contribution in [1.82, 2.24) is 9.13 Å². The Labute approximate surface area is 235 Å². The van der Waals surface area contributed by atoms with E-state index in [0.717, 1.165) is 0 Å². The molecule has 0 radical (unpaired) electrons. The fourth-order valence-electron chi connectivity index (χ4n) is 7.41. The summed E-state index contributed by atoms with van der Waals surface area (Å²) in [5.41, 5.74) is 11.9. The van der Waals surface area contributed by atoms with Gasteiger partial charge in [-0.25, -0.2) is 0 Å². The number of hydrogen-bond acceptors (Lipinski definition) is 1. The van der Waals surface area contributed by atoms with Gasteiger partial charge in [-0.05, 0) is 59.5 Å². The van der Waals surface area contributed by atoms with Gasteiger partial charge in [-0.2, -0.15) is 0 Å². The lowest BCUT2D eigenvalue weighted by molar-refractivity contribution is 1.16. The summed E-state index contributed by atoms with van der Waals surface area (Å²) in [7, 11) is 0. The molecular formula is C36H21BN2S. The van der Waals surface area contributed by atoms with E-state index >= 15 is 0 Å². The lowest BCUT2D eigenvalue weighted by Gasteiger charge is -2.33. The monoisotopic (exact) mass is 524 g/mol. The fourth-order valence-corrected chi connectivity index (χ4v) is 8.57. The maximum absolute atomic E-state index is 2.55. The normalized spacial score (nSPS) is 13.3. The summed E-state index contributed by atoms with van der Waals surface area (Å²) in [6, 6.07) is 47.2. The molecule has 0 amide bonds. The first kappa shape index (κ1) is 21.2. The molecule has 0 spiro atoms. The zero-order valence-corrected chi connectivity index (χ0v) is 22.3. The summed E-state index contributed by atoms with van der Waals surface area (Å²) in [5.74, 6) is 0. The molecule has 6 aromatic carbocycles. The van der Waals surface area contributed by atoms with E-state index in [1.807, 2.05) is 11.8 Å². The van der Waals surface area contributed by atoms with Crippen LogP contribution in [0.5, 0.6) is 0 Å². The Morgan fingerprint density at radius 2 is 1.18 bits per heavy atom. The van der Waals surface area contributed by atoms with E-state index in [-0.39, 0.29) is 6.71 Å². The molecule has 0 unspecified atom stereocenters. The summed E-state index contributed by atoms with van der Waals surface area (Å²) >= 11 is 1.91. The molecule has 2 aliphatic rings. The molecule has 0 fully saturated rings. The third-order valence-corrected chi connectivity index (χ3v) is 10.1. The Morgan fingerprint density at radius 3 is 2.12 bits per heavy atom. The molecule has 2 nitrogen and oxygen atoms in total. The maximum Gasteiger partial charge on any atom is 0.249 e. The van der Waals surface area contributed by atoms with Crippen LogP contribution in [0.2, 0.25) is 0 Å². The highest BCUT2D eigenvalue weighted by atomic mass is 32.2. The number of nitrogens with zero attached hydrogens (tertiary/aromatic N) is 2. The van der Waals surface area contributed by atoms with E-state index in [9.17, 15) is 0 Å². The summed E-state index contributed by atoms with van der Waals surface area (Å²) in [4.78, 5) is 2.73. The lowest BCUT2D eigenvalue weighted by Crippen LogP contribution is -2.58. The van der Waals surface area contributed by atoms with Crippen molar-refractivity contribution in [3.63, 3.8) is 0 Å². The number of aromatic nitrogens is 2. The van der Waals surface area contributed by atoms with Crippen LogP contribution < -0.4 is 16.4 Å². The number of fused-ring (bicyclic) bond motifs is 10. The molecule has 0 bridgehead atoms. The highest BCUT2D eigenvalue weighted by Crippen LogP contribution is 2.41. The van der Waals surface area contributed by atoms with E-state index in [4.69, 9.17) is 0 Å². The highest BCUT2D eigenvalue weighted by molar-refractivity contribution is 8.00. The van der Waals surface area contributed by atoms with Gasteiger partial charge in [0.15, 0.2) is 0 Å². The smallest absolute Gasteiger partial charge is 0.249 e. The molecule has 2 aliphatic heterocycles. The van der Waals surface area contributed by atoms with Crippen LogP contribution >= 0.6 is 11.8 Å². The van der Waals surface area contributed by atoms with E-state index in [2.05, 4.69) is 137 Å². The first-order chi connectivity index (χ1) is 19.9. The number of hydrogen-bond donors (Lipinski definition) is 0. The van der Waals surface area contributed by atoms with Gasteiger partial charge in [-0.1, -0.05) is 96.1 Å². The van der Waals surface area contributed by atoms with Crippen LogP contribution in [-0.2, 0) is 0 Å². The predicted molar refractivity (Wildman–Crippen MR) is 170 cm³/mol. The molecule has 40 heavy (non-hydrogen) atoms. The Balaban J connectivity index is 1.41. The number of para-hydroxylation sites is 3. The van der Waals surface area contributed by atoms with Gasteiger partial charge >= 0.3 is 0 Å². The topological polar surface area (TPSA) is 9.86 Å². The van der Waals surface area contributed by atoms with Crippen molar-refractivity contribution in [3.05, 3.63) is 127 Å². The molecule has 0 atom stereocenters. The van der Waals surface area contributed by atoms with Crippen molar-refractivity contribution >= 4 is 78.5 Å². The minimum atomic E-state index is 0.248. The summed E-state index contributed by atoms with van der Waals surface area (Å²) in [6.45, 7) is 0.248. The van der Waals surface area contributed by atoms with Crippen LogP contribution in [0.1, 0.15) is 0 Å². The predicted octanol–water partition coefficient (Wildman–Crippen LogP) is 7.18. The van der Waals surface area contributed by atoms with Crippen molar-refractivity contribution in [3.8, 4) is 11.4 Å². The number of rotatable bonds is 1. The average Bonchev–Trinajstić information content (AvgIpc) is 3.51. The van der Waals surface area contributed by atoms with Crippen molar-refractivity contribution in [2.24, 2.45) is 0 Å². The van der Waals surface area contributed by atoms with Crippen LogP contribution in [0.4, 0.5) is 0 Å². The third kappa shape index (κ3) is 2.53. The zero-order chi connectivity index (χ0) is 25.9. The summed E-state index contributed by atoms with van der Waals surface area (Å²) < 4.78 is 4.98. The van der Waals surface area contributed by atoms with Gasteiger partial charge in [0.25, 0.3) is 0 Å². The van der Waals surface area contributed by atoms with Crippen LogP contribution in [0.3, 0.4) is 0 Å². The Kier molecular flexibility index (Phi) is 3.97. The zero-order valence-electron chi connectivity index (χ0n) is 21.5. The van der Waals surface area contributed by atoms with Gasteiger partial charge < -0.3 is 9.13 Å². The molecular weight excluding hydrogens is 503 g/mol. The van der Waals surface area contributed by atoms with Crippen LogP contribution in [0, 0.1) is 0 Å². The van der Waals surface area contributed by atoms with Crippen molar-refractivity contribution < 1.29 is 0 Å². The molecule has 0 N–H and O–H groups in total. The lowest BCUT2D eigenvalue weighted by atomic mass is 9.35. The average molecular weight is 524 g/mol. The second-order valence-electron chi connectivity index (χ2n) is 10.9. The first-order valence-electron chi connectivity index (χ1n) is 13.8. The fraction of sp³-hybridized carbons (Fsp3) is 0. The van der Waals surface area contributed by atoms with Gasteiger partial charge in [0.05, 0.1) is 16.6 Å². The Hall–Kier alpha value is -4.67. The molecule has 10 rings (SSSR count). The molecule has 4 heteroatoms. The van der Waals surface area contributed by atoms with Gasteiger partial charge in [-0.3, -0.25) is 0 Å². The van der Waals surface area contributed by atoms with Gasteiger partial charge in [0.1, 0.15) is 0 Å². The van der Waals surface area contributed by atoms with E-state index in [1.165, 1.54) is 81.2 Å². The second-order valence-corrected chi connectivity index (χ2v) is 12.0. The van der Waals surface area contributed by atoms with E-state index < -0.39 is 0 Å². The second kappa shape index (κ2) is 7.50. The highest BCUT2D eigenvalue weighted by Gasteiger charge is 2.39. The molecule has 0 saturated heterocycles. The summed E-state index contributed by atoms with van der Waals surface area (Å²) in [5, 5.41) is 5.24. The molecule has 0 saturated carbocycles. The largest absolute Gasteiger partial charge is 0.310 e. The Bertz CT molecular complexity index is 2360. The standard InChI is InChI=1S/C36H21BN2S/c1-2-10-22(11-3-1)38-29-16-6-4-12-23(29)25-20-26-24-13-8-15-28-36(24)39(32(26)21-31(25)38)30-17-9-19-34-35(30)37(28)27-14-5-7-18-33(27)40-34/h1-21H. The minimum Gasteiger partial charge on any atom is -0.310 e. The van der Waals surface area contributed by atoms with Crippen LogP contribution in [0.15, 0.2) is 137 Å². The van der Waals surface area contributed by atoms with Crippen molar-refractivity contribution in [2.75, 3.05) is 0 Å². The summed E-state index contributed by atoms with van der Waals surface area (Å²) in [6.07, 6.45) is 0. The SMILES string of the molecule is c1ccc(-n2c3ccccc3c3cc4c5cccc6c5n(c4cc32)-c2cccc3c2B6c2ccccc2S3)cc1. The van der Waals surface area contributed by atoms with E-state index in [1.54, 1.807) is 0 Å². The maximum atomic E-state index is 2.55. The van der Waals surface area contributed by atoms with Crippen LogP contribution in [-0.4, -0.2) is 15.8 Å². The quantitative estimate of drug-likeness (QED) is 0.207. The molecule has 0 aliphatic carbocycles. The van der Waals surface area contributed by atoms with Crippen molar-refractivity contribution in [1.29, 1.82) is 0 Å². The van der Waals surface area contributed by atoms with Gasteiger partial charge in [-0.15, -0.1) is 0 Å². The number of benzene rings is 6. The Morgan fingerprint density at radius 1 is 0.475 bits per heavy atom. The molecule has 2 aromatic heterocycles. The minimum absolute atomic E-state index is 0.248. The molecule has 184 valence electrons. The first-order valence-corrected chi connectivity index (χ1v) is 14.6.